The molecular formula is C13H18N2O2. The van der Waals surface area contributed by atoms with Crippen molar-refractivity contribution in [2.45, 2.75) is 32.9 Å². The Morgan fingerprint density at radius 2 is 2.41 bits per heavy atom. The lowest BCUT2D eigenvalue weighted by molar-refractivity contribution is -0.143. The number of likely N-dealkylation sites (tertiary alicyclic amines) is 1. The molecule has 2 unspecified atom stereocenters. The number of hydrogen-bond acceptors (Lipinski definition) is 3. The second-order valence-corrected chi connectivity index (χ2v) is 4.82. The highest BCUT2D eigenvalue weighted by Gasteiger charge is 2.36. The first-order chi connectivity index (χ1) is 8.09. The molecule has 1 aromatic rings. The summed E-state index contributed by atoms with van der Waals surface area (Å²) >= 11 is 0. The first-order valence-corrected chi connectivity index (χ1v) is 5.96. The van der Waals surface area contributed by atoms with Gasteiger partial charge in [-0.3, -0.25) is 14.7 Å². The summed E-state index contributed by atoms with van der Waals surface area (Å²) < 4.78 is 0. The molecule has 1 N–H and O–H groups in total. The Morgan fingerprint density at radius 1 is 1.65 bits per heavy atom. The monoisotopic (exact) mass is 234 g/mol. The van der Waals surface area contributed by atoms with Crippen LogP contribution in [-0.4, -0.2) is 33.5 Å². The summed E-state index contributed by atoms with van der Waals surface area (Å²) in [7, 11) is 0. The number of aliphatic carboxylic acids is 1. The molecule has 17 heavy (non-hydrogen) atoms. The summed E-state index contributed by atoms with van der Waals surface area (Å²) in [4.78, 5) is 17.4. The molecule has 1 aliphatic heterocycles. The van der Waals surface area contributed by atoms with Crippen molar-refractivity contribution in [3.05, 3.63) is 29.6 Å². The fourth-order valence-electron chi connectivity index (χ4n) is 2.48. The predicted molar refractivity (Wildman–Crippen MR) is 64.6 cm³/mol. The second kappa shape index (κ2) is 4.84. The van der Waals surface area contributed by atoms with E-state index in [9.17, 15) is 9.90 Å². The number of nitrogens with zero attached hydrogens (tertiary/aromatic N) is 2. The van der Waals surface area contributed by atoms with Crippen LogP contribution in [0.15, 0.2) is 18.5 Å². The van der Waals surface area contributed by atoms with E-state index in [-0.39, 0.29) is 12.0 Å². The van der Waals surface area contributed by atoms with Gasteiger partial charge in [0.15, 0.2) is 0 Å². The fourth-order valence-corrected chi connectivity index (χ4v) is 2.48. The minimum atomic E-state index is -0.712. The Balaban J connectivity index is 2.14. The van der Waals surface area contributed by atoms with Gasteiger partial charge in [-0.05, 0) is 43.0 Å². The first kappa shape index (κ1) is 12.0. The van der Waals surface area contributed by atoms with E-state index in [2.05, 4.69) is 4.98 Å². The van der Waals surface area contributed by atoms with Gasteiger partial charge in [0.1, 0.15) is 6.04 Å². The Morgan fingerprint density at radius 3 is 3.06 bits per heavy atom. The van der Waals surface area contributed by atoms with Crippen molar-refractivity contribution in [2.75, 3.05) is 6.54 Å². The van der Waals surface area contributed by atoms with Gasteiger partial charge in [-0.2, -0.15) is 0 Å². The molecule has 0 saturated carbocycles. The molecule has 1 aromatic heterocycles. The van der Waals surface area contributed by atoms with Crippen LogP contribution in [0.1, 0.15) is 24.5 Å². The van der Waals surface area contributed by atoms with E-state index in [0.29, 0.717) is 6.54 Å². The molecule has 1 saturated heterocycles. The summed E-state index contributed by atoms with van der Waals surface area (Å²) in [5, 5.41) is 9.24. The molecule has 4 nitrogen and oxygen atoms in total. The van der Waals surface area contributed by atoms with Crippen molar-refractivity contribution >= 4 is 5.97 Å². The van der Waals surface area contributed by atoms with E-state index in [1.54, 1.807) is 6.20 Å². The second-order valence-electron chi connectivity index (χ2n) is 4.82. The van der Waals surface area contributed by atoms with Crippen LogP contribution in [0, 0.1) is 12.8 Å². The SMILES string of the molecule is Cc1ccncc1CN1CCC(C)C1C(=O)O. The van der Waals surface area contributed by atoms with E-state index < -0.39 is 5.97 Å². The smallest absolute Gasteiger partial charge is 0.321 e. The Hall–Kier alpha value is -1.42. The average Bonchev–Trinajstić information content (AvgIpc) is 2.63. The minimum absolute atomic E-state index is 0.226. The summed E-state index contributed by atoms with van der Waals surface area (Å²) in [5.41, 5.74) is 2.29. The van der Waals surface area contributed by atoms with Crippen LogP contribution in [0.5, 0.6) is 0 Å². The molecule has 0 aliphatic carbocycles. The number of carboxylic acid groups (broad SMARTS) is 1. The van der Waals surface area contributed by atoms with Crippen molar-refractivity contribution in [1.82, 2.24) is 9.88 Å². The maximum atomic E-state index is 11.2. The molecule has 0 spiro atoms. The number of aromatic nitrogens is 1. The molecule has 0 amide bonds. The van der Waals surface area contributed by atoms with E-state index in [1.165, 1.54) is 5.56 Å². The van der Waals surface area contributed by atoms with Crippen LogP contribution in [0.2, 0.25) is 0 Å². The zero-order chi connectivity index (χ0) is 12.4. The van der Waals surface area contributed by atoms with Crippen molar-refractivity contribution < 1.29 is 9.90 Å². The zero-order valence-electron chi connectivity index (χ0n) is 10.3. The minimum Gasteiger partial charge on any atom is -0.480 e. The van der Waals surface area contributed by atoms with Crippen molar-refractivity contribution in [3.8, 4) is 0 Å². The van der Waals surface area contributed by atoms with E-state index in [1.807, 2.05) is 31.0 Å². The maximum Gasteiger partial charge on any atom is 0.321 e. The van der Waals surface area contributed by atoms with Gasteiger partial charge in [0.25, 0.3) is 0 Å². The third-order valence-corrected chi connectivity index (χ3v) is 3.58. The van der Waals surface area contributed by atoms with Crippen molar-refractivity contribution in [3.63, 3.8) is 0 Å². The highest BCUT2D eigenvalue weighted by molar-refractivity contribution is 5.74. The summed E-state index contributed by atoms with van der Waals surface area (Å²) in [5.74, 6) is -0.485. The molecule has 0 radical (unpaired) electrons. The molecule has 0 aromatic carbocycles. The van der Waals surface area contributed by atoms with Crippen LogP contribution in [0.25, 0.3) is 0 Å². The summed E-state index contributed by atoms with van der Waals surface area (Å²) in [6.07, 6.45) is 4.55. The van der Waals surface area contributed by atoms with E-state index >= 15 is 0 Å². The van der Waals surface area contributed by atoms with Crippen molar-refractivity contribution in [2.24, 2.45) is 5.92 Å². The molecular weight excluding hydrogens is 216 g/mol. The molecule has 92 valence electrons. The van der Waals surface area contributed by atoms with Gasteiger partial charge >= 0.3 is 5.97 Å². The molecule has 1 aliphatic rings. The van der Waals surface area contributed by atoms with Gasteiger partial charge in [0, 0.05) is 18.9 Å². The van der Waals surface area contributed by atoms with Crippen LogP contribution < -0.4 is 0 Å². The number of aryl methyl sites for hydroxylation is 1. The zero-order valence-corrected chi connectivity index (χ0v) is 10.3. The topological polar surface area (TPSA) is 53.4 Å². The Kier molecular flexibility index (Phi) is 3.43. The summed E-state index contributed by atoms with van der Waals surface area (Å²) in [6.45, 7) is 5.58. The third kappa shape index (κ3) is 2.47. The number of carboxylic acids is 1. The third-order valence-electron chi connectivity index (χ3n) is 3.58. The highest BCUT2D eigenvalue weighted by Crippen LogP contribution is 2.26. The van der Waals surface area contributed by atoms with Gasteiger partial charge in [-0.15, -0.1) is 0 Å². The van der Waals surface area contributed by atoms with Crippen LogP contribution in [0.3, 0.4) is 0 Å². The van der Waals surface area contributed by atoms with Gasteiger partial charge < -0.3 is 5.11 Å². The largest absolute Gasteiger partial charge is 0.480 e. The Bertz CT molecular complexity index is 420. The first-order valence-electron chi connectivity index (χ1n) is 5.96. The van der Waals surface area contributed by atoms with Gasteiger partial charge in [0.05, 0.1) is 0 Å². The number of hydrogen-bond donors (Lipinski definition) is 1. The van der Waals surface area contributed by atoms with Gasteiger partial charge in [-0.25, -0.2) is 0 Å². The lowest BCUT2D eigenvalue weighted by Crippen LogP contribution is -2.38. The predicted octanol–water partition coefficient (Wildman–Crippen LogP) is 1.69. The van der Waals surface area contributed by atoms with Gasteiger partial charge in [-0.1, -0.05) is 6.92 Å². The lowest BCUT2D eigenvalue weighted by atomic mass is 10.0. The molecule has 2 rings (SSSR count). The standard InChI is InChI=1S/C13H18N2O2/c1-9-3-5-14-7-11(9)8-15-6-4-10(2)12(15)13(16)17/h3,5,7,10,12H,4,6,8H2,1-2H3,(H,16,17). The number of carbonyl (C=O) groups is 1. The number of rotatable bonds is 3. The number of pyridine rings is 1. The lowest BCUT2D eigenvalue weighted by Gasteiger charge is -2.23. The van der Waals surface area contributed by atoms with Crippen molar-refractivity contribution in [1.29, 1.82) is 0 Å². The Labute approximate surface area is 101 Å². The molecule has 2 atom stereocenters. The van der Waals surface area contributed by atoms with Crippen LogP contribution >= 0.6 is 0 Å². The van der Waals surface area contributed by atoms with E-state index in [4.69, 9.17) is 0 Å². The molecule has 4 heteroatoms. The molecule has 2 heterocycles. The van der Waals surface area contributed by atoms with E-state index in [0.717, 1.165) is 18.5 Å². The maximum absolute atomic E-state index is 11.2. The molecule has 0 bridgehead atoms. The highest BCUT2D eigenvalue weighted by atomic mass is 16.4. The van der Waals surface area contributed by atoms with Crippen LogP contribution in [0.4, 0.5) is 0 Å². The molecule has 1 fully saturated rings. The normalized spacial score (nSPS) is 25.1. The average molecular weight is 234 g/mol. The van der Waals surface area contributed by atoms with Gasteiger partial charge in [0.2, 0.25) is 0 Å². The van der Waals surface area contributed by atoms with Crippen LogP contribution in [-0.2, 0) is 11.3 Å². The fraction of sp³-hybridized carbons (Fsp3) is 0.538. The summed E-state index contributed by atoms with van der Waals surface area (Å²) in [6, 6.07) is 1.61. The quantitative estimate of drug-likeness (QED) is 0.864.